The minimum atomic E-state index is -3.04. The second-order valence-electron chi connectivity index (χ2n) is 4.30. The maximum Gasteiger partial charge on any atom is 0.436 e. The van der Waals surface area contributed by atoms with Crippen molar-refractivity contribution >= 4 is 7.60 Å². The molecule has 14 heavy (non-hydrogen) atoms. The molecule has 0 atom stereocenters. The summed E-state index contributed by atoms with van der Waals surface area (Å²) in [5.74, 6) is 1.15. The van der Waals surface area contributed by atoms with Crippen LogP contribution in [0.3, 0.4) is 0 Å². The van der Waals surface area contributed by atoms with Crippen LogP contribution in [-0.2, 0) is 4.57 Å². The van der Waals surface area contributed by atoms with Crippen LogP contribution in [0.15, 0.2) is 24.3 Å². The molecule has 0 fully saturated rings. The molecular weight excluding hydrogens is 199 g/mol. The number of benzene rings is 1. The van der Waals surface area contributed by atoms with Crippen LogP contribution >= 0.6 is 7.60 Å². The molecule has 0 aromatic heterocycles. The second-order valence-corrected chi connectivity index (χ2v) is 7.00. The van der Waals surface area contributed by atoms with Crippen LogP contribution in [0.2, 0.25) is 0 Å². The Morgan fingerprint density at radius 2 is 1.50 bits per heavy atom. The van der Waals surface area contributed by atoms with Gasteiger partial charge in [0.1, 0.15) is 0 Å². The van der Waals surface area contributed by atoms with Crippen molar-refractivity contribution in [3.8, 4) is 11.5 Å². The molecule has 1 aromatic carbocycles. The predicted octanol–water partition coefficient (Wildman–Crippen LogP) is 3.45. The van der Waals surface area contributed by atoms with Gasteiger partial charge in [-0.05, 0) is 32.9 Å². The molecule has 76 valence electrons. The normalized spacial score (nSPS) is 18.2. The summed E-state index contributed by atoms with van der Waals surface area (Å²) in [6.07, 6.45) is 0. The molecule has 0 saturated heterocycles. The first-order valence-corrected chi connectivity index (χ1v) is 6.05. The highest BCUT2D eigenvalue weighted by atomic mass is 31.2. The van der Waals surface area contributed by atoms with E-state index in [1.165, 1.54) is 0 Å². The highest BCUT2D eigenvalue weighted by Crippen LogP contribution is 2.65. The van der Waals surface area contributed by atoms with E-state index in [9.17, 15) is 4.57 Å². The number of fused-ring (bicyclic) bond motifs is 1. The van der Waals surface area contributed by atoms with E-state index >= 15 is 0 Å². The average molecular weight is 212 g/mol. The van der Waals surface area contributed by atoms with Gasteiger partial charge >= 0.3 is 7.60 Å². The highest BCUT2D eigenvalue weighted by Gasteiger charge is 2.47. The summed E-state index contributed by atoms with van der Waals surface area (Å²) in [6.45, 7) is 5.54. The van der Waals surface area contributed by atoms with Crippen molar-refractivity contribution in [2.45, 2.75) is 25.9 Å². The van der Waals surface area contributed by atoms with E-state index in [1.54, 1.807) is 12.1 Å². The summed E-state index contributed by atoms with van der Waals surface area (Å²) in [4.78, 5) is 0. The Bertz CT molecular complexity index is 377. The molecule has 3 nitrogen and oxygen atoms in total. The minimum absolute atomic E-state index is 0.494. The summed E-state index contributed by atoms with van der Waals surface area (Å²) in [5.41, 5.74) is 0. The lowest BCUT2D eigenvalue weighted by molar-refractivity contribution is 0.397. The van der Waals surface area contributed by atoms with Gasteiger partial charge in [0.05, 0.1) is 5.16 Å². The van der Waals surface area contributed by atoms with Crippen LogP contribution in [0.4, 0.5) is 0 Å². The van der Waals surface area contributed by atoms with Crippen LogP contribution in [0, 0.1) is 0 Å². The maximum atomic E-state index is 12.2. The van der Waals surface area contributed by atoms with Crippen LogP contribution in [0.5, 0.6) is 11.5 Å². The van der Waals surface area contributed by atoms with Crippen molar-refractivity contribution in [1.82, 2.24) is 0 Å². The zero-order chi connectivity index (χ0) is 10.4. The van der Waals surface area contributed by atoms with Crippen LogP contribution in [-0.4, -0.2) is 5.16 Å². The average Bonchev–Trinajstić information content (AvgIpc) is 2.40. The Labute approximate surface area is 83.6 Å². The van der Waals surface area contributed by atoms with E-state index in [0.29, 0.717) is 11.5 Å². The van der Waals surface area contributed by atoms with Crippen molar-refractivity contribution in [1.29, 1.82) is 0 Å². The number of para-hydroxylation sites is 2. The summed E-state index contributed by atoms with van der Waals surface area (Å²) < 4.78 is 23.0. The van der Waals surface area contributed by atoms with E-state index < -0.39 is 12.8 Å². The summed E-state index contributed by atoms with van der Waals surface area (Å²) >= 11 is 0. The summed E-state index contributed by atoms with van der Waals surface area (Å²) in [6, 6.07) is 7.20. The van der Waals surface area contributed by atoms with Crippen LogP contribution in [0.25, 0.3) is 0 Å². The SMILES string of the molecule is CC(C)(C)P1(=O)Oc2ccccc2O1. The van der Waals surface area contributed by atoms with Gasteiger partial charge in [-0.25, -0.2) is 4.57 Å². The molecule has 2 rings (SSSR count). The molecule has 0 amide bonds. The molecule has 0 N–H and O–H groups in total. The molecule has 4 heteroatoms. The largest absolute Gasteiger partial charge is 0.436 e. The zero-order valence-corrected chi connectivity index (χ0v) is 9.38. The first-order valence-electron chi connectivity index (χ1n) is 4.51. The Morgan fingerprint density at radius 1 is 1.07 bits per heavy atom. The summed E-state index contributed by atoms with van der Waals surface area (Å²) in [7, 11) is -3.04. The van der Waals surface area contributed by atoms with Crippen molar-refractivity contribution in [3.05, 3.63) is 24.3 Å². The first-order chi connectivity index (χ1) is 6.42. The van der Waals surface area contributed by atoms with Gasteiger partial charge in [-0.3, -0.25) is 0 Å². The Morgan fingerprint density at radius 3 is 1.86 bits per heavy atom. The number of hydrogen-bond acceptors (Lipinski definition) is 3. The molecule has 1 aromatic rings. The lowest BCUT2D eigenvalue weighted by atomic mass is 10.3. The third kappa shape index (κ3) is 1.32. The van der Waals surface area contributed by atoms with Gasteiger partial charge in [0, 0.05) is 0 Å². The van der Waals surface area contributed by atoms with Gasteiger partial charge in [0.2, 0.25) is 0 Å². The van der Waals surface area contributed by atoms with Crippen molar-refractivity contribution < 1.29 is 13.6 Å². The van der Waals surface area contributed by atoms with Crippen molar-refractivity contribution in [3.63, 3.8) is 0 Å². The smallest absolute Gasteiger partial charge is 0.412 e. The molecule has 0 unspecified atom stereocenters. The van der Waals surface area contributed by atoms with Crippen LogP contribution < -0.4 is 9.05 Å². The van der Waals surface area contributed by atoms with E-state index in [0.717, 1.165) is 0 Å². The fourth-order valence-corrected chi connectivity index (χ4v) is 2.56. The lowest BCUT2D eigenvalue weighted by Crippen LogP contribution is -2.19. The maximum absolute atomic E-state index is 12.2. The molecule has 1 aliphatic heterocycles. The van der Waals surface area contributed by atoms with Gasteiger partial charge in [-0.15, -0.1) is 0 Å². The van der Waals surface area contributed by atoms with Crippen molar-refractivity contribution in [2.24, 2.45) is 0 Å². The molecule has 1 aliphatic rings. The Hall–Kier alpha value is -0.950. The van der Waals surface area contributed by atoms with Gasteiger partial charge in [0.25, 0.3) is 0 Å². The lowest BCUT2D eigenvalue weighted by Gasteiger charge is -2.23. The molecule has 1 heterocycles. The molecule has 0 saturated carbocycles. The quantitative estimate of drug-likeness (QED) is 0.618. The standard InChI is InChI=1S/C10H13O3P/c1-10(2,3)14(11)12-8-6-4-5-7-9(8)13-14/h4-7H,1-3H3. The van der Waals surface area contributed by atoms with Gasteiger partial charge in [-0.1, -0.05) is 12.1 Å². The fraction of sp³-hybridized carbons (Fsp3) is 0.400. The fourth-order valence-electron chi connectivity index (χ4n) is 1.15. The highest BCUT2D eigenvalue weighted by molar-refractivity contribution is 7.56. The van der Waals surface area contributed by atoms with Gasteiger partial charge in [-0.2, -0.15) is 0 Å². The first kappa shape index (κ1) is 9.60. The third-order valence-corrected chi connectivity index (χ3v) is 4.63. The molecule has 0 radical (unpaired) electrons. The Kier molecular flexibility index (Phi) is 1.90. The van der Waals surface area contributed by atoms with Gasteiger partial charge < -0.3 is 9.05 Å². The van der Waals surface area contributed by atoms with E-state index in [2.05, 4.69) is 0 Å². The monoisotopic (exact) mass is 212 g/mol. The minimum Gasteiger partial charge on any atom is -0.412 e. The third-order valence-electron chi connectivity index (χ3n) is 2.11. The topological polar surface area (TPSA) is 35.5 Å². The molecule has 0 aliphatic carbocycles. The van der Waals surface area contributed by atoms with E-state index in [-0.39, 0.29) is 0 Å². The molecule has 0 bridgehead atoms. The number of hydrogen-bond donors (Lipinski definition) is 0. The second kappa shape index (κ2) is 2.77. The van der Waals surface area contributed by atoms with Crippen molar-refractivity contribution in [2.75, 3.05) is 0 Å². The van der Waals surface area contributed by atoms with E-state index in [4.69, 9.17) is 9.05 Å². The van der Waals surface area contributed by atoms with Gasteiger partial charge in [0.15, 0.2) is 11.5 Å². The number of rotatable bonds is 0. The molecule has 0 spiro atoms. The summed E-state index contributed by atoms with van der Waals surface area (Å²) in [5, 5.41) is -0.494. The zero-order valence-electron chi connectivity index (χ0n) is 8.48. The molecular formula is C10H13O3P. The predicted molar refractivity (Wildman–Crippen MR) is 55.1 cm³/mol. The van der Waals surface area contributed by atoms with Crippen LogP contribution in [0.1, 0.15) is 20.8 Å². The van der Waals surface area contributed by atoms with E-state index in [1.807, 2.05) is 32.9 Å². The Balaban J connectivity index is 2.40.